The van der Waals surface area contributed by atoms with Gasteiger partial charge in [-0.1, -0.05) is 12.1 Å². The second-order valence-electron chi connectivity index (χ2n) is 2.95. The fourth-order valence-electron chi connectivity index (χ4n) is 0.937. The van der Waals surface area contributed by atoms with Gasteiger partial charge in [-0.05, 0) is 19.1 Å². The van der Waals surface area contributed by atoms with Gasteiger partial charge in [-0.15, -0.1) is 0 Å². The summed E-state index contributed by atoms with van der Waals surface area (Å²) in [5.41, 5.74) is 0.498. The molecule has 0 radical (unpaired) electrons. The predicted molar refractivity (Wildman–Crippen MR) is 51.4 cm³/mol. The van der Waals surface area contributed by atoms with Crippen molar-refractivity contribution in [1.29, 1.82) is 10.5 Å². The highest BCUT2D eigenvalue weighted by Crippen LogP contribution is 2.16. The lowest BCUT2D eigenvalue weighted by atomic mass is 10.2. The summed E-state index contributed by atoms with van der Waals surface area (Å²) in [6.07, 6.45) is 0. The van der Waals surface area contributed by atoms with Crippen molar-refractivity contribution >= 4 is 0 Å². The van der Waals surface area contributed by atoms with Gasteiger partial charge in [0.05, 0.1) is 17.6 Å². The van der Waals surface area contributed by atoms with Crippen molar-refractivity contribution in [2.45, 2.75) is 6.92 Å². The van der Waals surface area contributed by atoms with E-state index in [0.29, 0.717) is 17.9 Å². The van der Waals surface area contributed by atoms with Gasteiger partial charge < -0.3 is 4.74 Å². The van der Waals surface area contributed by atoms with Crippen LogP contribution in [-0.2, 0) is 0 Å². The summed E-state index contributed by atoms with van der Waals surface area (Å²) in [6.45, 7) is 2.09. The zero-order valence-corrected chi connectivity index (χ0v) is 7.90. The Balaban J connectivity index is 2.69. The fourth-order valence-corrected chi connectivity index (χ4v) is 0.937. The quantitative estimate of drug-likeness (QED) is 0.726. The Kier molecular flexibility index (Phi) is 3.52. The van der Waals surface area contributed by atoms with Crippen molar-refractivity contribution in [3.8, 4) is 17.9 Å². The lowest BCUT2D eigenvalue weighted by Gasteiger charge is -2.07. The molecule has 1 aromatic carbocycles. The first-order valence-corrected chi connectivity index (χ1v) is 4.29. The van der Waals surface area contributed by atoms with Crippen molar-refractivity contribution in [3.63, 3.8) is 0 Å². The van der Waals surface area contributed by atoms with Gasteiger partial charge in [0.15, 0.2) is 0 Å². The minimum atomic E-state index is -0.165. The van der Waals surface area contributed by atoms with Crippen molar-refractivity contribution < 1.29 is 4.74 Å². The molecule has 1 atom stereocenters. The van der Waals surface area contributed by atoms with Crippen molar-refractivity contribution in [3.05, 3.63) is 29.8 Å². The van der Waals surface area contributed by atoms with Crippen LogP contribution < -0.4 is 4.74 Å². The summed E-state index contributed by atoms with van der Waals surface area (Å²) in [6, 6.07) is 11.1. The van der Waals surface area contributed by atoms with Crippen LogP contribution in [0.3, 0.4) is 0 Å². The van der Waals surface area contributed by atoms with Gasteiger partial charge in [-0.2, -0.15) is 10.5 Å². The Morgan fingerprint density at radius 2 is 2.07 bits per heavy atom. The summed E-state index contributed by atoms with van der Waals surface area (Å²) in [5, 5.41) is 17.3. The molecule has 0 saturated heterocycles. The van der Waals surface area contributed by atoms with E-state index in [-0.39, 0.29) is 5.92 Å². The maximum absolute atomic E-state index is 8.75. The smallest absolute Gasteiger partial charge is 0.137 e. The van der Waals surface area contributed by atoms with E-state index in [9.17, 15) is 0 Å². The molecule has 0 heterocycles. The number of ether oxygens (including phenoxy) is 1. The van der Waals surface area contributed by atoms with E-state index in [1.165, 1.54) is 0 Å². The van der Waals surface area contributed by atoms with E-state index in [2.05, 4.69) is 6.07 Å². The standard InChI is InChI=1S/C11H10N2O/c1-9(6-12)8-14-11-5-3-2-4-10(11)7-13/h2-5,9H,8H2,1H3. The average Bonchev–Trinajstić information content (AvgIpc) is 2.26. The Hall–Kier alpha value is -2.00. The molecule has 1 unspecified atom stereocenters. The van der Waals surface area contributed by atoms with E-state index in [4.69, 9.17) is 15.3 Å². The van der Waals surface area contributed by atoms with Gasteiger partial charge in [0, 0.05) is 0 Å². The highest BCUT2D eigenvalue weighted by molar-refractivity contribution is 5.42. The maximum atomic E-state index is 8.75. The lowest BCUT2D eigenvalue weighted by Crippen LogP contribution is -2.06. The van der Waals surface area contributed by atoms with E-state index in [0.717, 1.165) is 0 Å². The van der Waals surface area contributed by atoms with Crippen LogP contribution in [-0.4, -0.2) is 6.61 Å². The van der Waals surface area contributed by atoms with Gasteiger partial charge >= 0.3 is 0 Å². The maximum Gasteiger partial charge on any atom is 0.137 e. The Morgan fingerprint density at radius 1 is 1.36 bits per heavy atom. The molecule has 0 aliphatic heterocycles. The number of benzene rings is 1. The highest BCUT2D eigenvalue weighted by Gasteiger charge is 2.04. The number of nitriles is 2. The summed E-state index contributed by atoms with van der Waals surface area (Å²) in [5.74, 6) is 0.374. The molecule has 0 amide bonds. The molecule has 0 spiro atoms. The van der Waals surface area contributed by atoms with Crippen molar-refractivity contribution in [1.82, 2.24) is 0 Å². The molecule has 3 heteroatoms. The van der Waals surface area contributed by atoms with Crippen LogP contribution in [0.15, 0.2) is 24.3 Å². The lowest BCUT2D eigenvalue weighted by molar-refractivity contribution is 0.287. The molecule has 1 aromatic rings. The third kappa shape index (κ3) is 2.50. The molecule has 0 fully saturated rings. The Labute approximate surface area is 83.2 Å². The molecule has 0 aliphatic carbocycles. The van der Waals surface area contributed by atoms with Crippen LogP contribution >= 0.6 is 0 Å². The van der Waals surface area contributed by atoms with Crippen LogP contribution in [0.4, 0.5) is 0 Å². The molecule has 0 saturated carbocycles. The molecule has 0 aliphatic rings. The fraction of sp³-hybridized carbons (Fsp3) is 0.273. The molecule has 0 N–H and O–H groups in total. The van der Waals surface area contributed by atoms with Crippen LogP contribution in [0.1, 0.15) is 12.5 Å². The van der Waals surface area contributed by atoms with E-state index < -0.39 is 0 Å². The summed E-state index contributed by atoms with van der Waals surface area (Å²) < 4.78 is 5.34. The largest absolute Gasteiger partial charge is 0.491 e. The zero-order valence-electron chi connectivity index (χ0n) is 7.90. The van der Waals surface area contributed by atoms with Crippen LogP contribution in [0.5, 0.6) is 5.75 Å². The van der Waals surface area contributed by atoms with Gasteiger partial charge in [-0.25, -0.2) is 0 Å². The van der Waals surface area contributed by atoms with Crippen molar-refractivity contribution in [2.24, 2.45) is 5.92 Å². The first-order chi connectivity index (χ1) is 6.77. The number of rotatable bonds is 3. The van der Waals surface area contributed by atoms with Crippen LogP contribution in [0.25, 0.3) is 0 Å². The monoisotopic (exact) mass is 186 g/mol. The second kappa shape index (κ2) is 4.89. The second-order valence-corrected chi connectivity index (χ2v) is 2.95. The zero-order chi connectivity index (χ0) is 10.4. The molecule has 1 rings (SSSR count). The Morgan fingerprint density at radius 3 is 2.71 bits per heavy atom. The summed E-state index contributed by atoms with van der Waals surface area (Å²) >= 11 is 0. The molecular formula is C11H10N2O. The molecule has 0 aromatic heterocycles. The average molecular weight is 186 g/mol. The predicted octanol–water partition coefficient (Wildman–Crippen LogP) is 2.10. The van der Waals surface area contributed by atoms with Crippen LogP contribution in [0, 0.1) is 28.6 Å². The molecular weight excluding hydrogens is 176 g/mol. The van der Waals surface area contributed by atoms with Gasteiger partial charge in [0.2, 0.25) is 0 Å². The minimum absolute atomic E-state index is 0.165. The number of hydrogen-bond donors (Lipinski definition) is 0. The topological polar surface area (TPSA) is 56.8 Å². The van der Waals surface area contributed by atoms with Gasteiger partial charge in [0.25, 0.3) is 0 Å². The third-order valence-electron chi connectivity index (χ3n) is 1.72. The van der Waals surface area contributed by atoms with E-state index in [1.807, 2.05) is 6.07 Å². The summed E-state index contributed by atoms with van der Waals surface area (Å²) in [7, 11) is 0. The molecule has 3 nitrogen and oxygen atoms in total. The summed E-state index contributed by atoms with van der Waals surface area (Å²) in [4.78, 5) is 0. The number of para-hydroxylation sites is 1. The van der Waals surface area contributed by atoms with Gasteiger partial charge in [-0.3, -0.25) is 0 Å². The normalized spacial score (nSPS) is 11.1. The SMILES string of the molecule is CC(C#N)COc1ccccc1C#N. The third-order valence-corrected chi connectivity index (χ3v) is 1.72. The molecule has 0 bridgehead atoms. The first-order valence-electron chi connectivity index (χ1n) is 4.29. The molecule has 14 heavy (non-hydrogen) atoms. The van der Waals surface area contributed by atoms with E-state index in [1.54, 1.807) is 31.2 Å². The first kappa shape index (κ1) is 10.1. The molecule has 70 valence electrons. The minimum Gasteiger partial charge on any atom is -0.491 e. The Bertz CT molecular complexity index is 387. The van der Waals surface area contributed by atoms with Crippen LogP contribution in [0.2, 0.25) is 0 Å². The number of nitrogens with zero attached hydrogens (tertiary/aromatic N) is 2. The van der Waals surface area contributed by atoms with Crippen molar-refractivity contribution in [2.75, 3.05) is 6.61 Å². The van der Waals surface area contributed by atoms with E-state index >= 15 is 0 Å². The highest BCUT2D eigenvalue weighted by atomic mass is 16.5. The van der Waals surface area contributed by atoms with Gasteiger partial charge in [0.1, 0.15) is 18.4 Å². The number of hydrogen-bond acceptors (Lipinski definition) is 3.